The Morgan fingerprint density at radius 2 is 1.82 bits per heavy atom. The first kappa shape index (κ1) is 11.3. The molecule has 0 fully saturated rings. The topological polar surface area (TPSA) is 56.3 Å². The quantitative estimate of drug-likeness (QED) is 0.851. The zero-order valence-corrected chi connectivity index (χ0v) is 9.77. The highest BCUT2D eigenvalue weighted by Gasteiger charge is 2.12. The van der Waals surface area contributed by atoms with Crippen molar-refractivity contribution in [2.75, 3.05) is 19.0 Å². The van der Waals surface area contributed by atoms with Crippen molar-refractivity contribution in [2.45, 2.75) is 0 Å². The highest BCUT2D eigenvalue weighted by atomic mass is 16.4. The number of nitrogens with zero attached hydrogens (tertiary/aromatic N) is 1. The van der Waals surface area contributed by atoms with Crippen molar-refractivity contribution in [2.24, 2.45) is 0 Å². The molecule has 1 heterocycles. The maximum absolute atomic E-state index is 11.0. The number of H-pyrrole nitrogens is 1. The van der Waals surface area contributed by atoms with Gasteiger partial charge in [-0.1, -0.05) is 12.1 Å². The molecule has 88 valence electrons. The molecule has 0 saturated heterocycles. The van der Waals surface area contributed by atoms with Crippen molar-refractivity contribution in [3.8, 4) is 11.1 Å². The van der Waals surface area contributed by atoms with E-state index in [9.17, 15) is 4.79 Å². The van der Waals surface area contributed by atoms with Gasteiger partial charge in [0.2, 0.25) is 0 Å². The minimum atomic E-state index is -0.919. The lowest BCUT2D eigenvalue weighted by molar-refractivity contribution is 0.0698. The summed E-state index contributed by atoms with van der Waals surface area (Å²) in [4.78, 5) is 15.8. The van der Waals surface area contributed by atoms with E-state index in [2.05, 4.69) is 4.98 Å². The lowest BCUT2D eigenvalue weighted by Crippen LogP contribution is -2.07. The molecule has 0 atom stereocenters. The molecule has 0 radical (unpaired) electrons. The summed E-state index contributed by atoms with van der Waals surface area (Å²) in [7, 11) is 3.93. The second kappa shape index (κ2) is 4.33. The summed E-state index contributed by atoms with van der Waals surface area (Å²) >= 11 is 0. The molecule has 0 saturated carbocycles. The van der Waals surface area contributed by atoms with Gasteiger partial charge < -0.3 is 15.0 Å². The lowest BCUT2D eigenvalue weighted by atomic mass is 10.0. The Balaban J connectivity index is 2.40. The molecule has 0 aliphatic rings. The summed E-state index contributed by atoms with van der Waals surface area (Å²) in [5.74, 6) is -0.919. The number of hydrogen-bond acceptors (Lipinski definition) is 2. The van der Waals surface area contributed by atoms with E-state index in [1.54, 1.807) is 6.20 Å². The van der Waals surface area contributed by atoms with Crippen LogP contribution in [0.1, 0.15) is 10.4 Å². The summed E-state index contributed by atoms with van der Waals surface area (Å²) in [5, 5.41) is 9.03. The molecule has 2 rings (SSSR count). The predicted molar refractivity (Wildman–Crippen MR) is 67.5 cm³/mol. The van der Waals surface area contributed by atoms with Gasteiger partial charge in [0.25, 0.3) is 0 Å². The Morgan fingerprint density at radius 3 is 2.35 bits per heavy atom. The first-order chi connectivity index (χ1) is 8.09. The second-order valence-corrected chi connectivity index (χ2v) is 4.03. The van der Waals surface area contributed by atoms with E-state index in [0.717, 1.165) is 11.3 Å². The van der Waals surface area contributed by atoms with Gasteiger partial charge in [-0.2, -0.15) is 0 Å². The molecule has 4 nitrogen and oxygen atoms in total. The van der Waals surface area contributed by atoms with Crippen molar-refractivity contribution in [1.29, 1.82) is 0 Å². The monoisotopic (exact) mass is 230 g/mol. The molecule has 1 aromatic carbocycles. The number of aromatic carboxylic acids is 1. The Morgan fingerprint density at radius 1 is 1.18 bits per heavy atom. The van der Waals surface area contributed by atoms with Gasteiger partial charge in [0.1, 0.15) is 0 Å². The largest absolute Gasteiger partial charge is 0.478 e. The number of anilines is 1. The summed E-state index contributed by atoms with van der Waals surface area (Å²) in [6.45, 7) is 0. The van der Waals surface area contributed by atoms with E-state index >= 15 is 0 Å². The maximum Gasteiger partial charge on any atom is 0.337 e. The molecule has 17 heavy (non-hydrogen) atoms. The smallest absolute Gasteiger partial charge is 0.337 e. The highest BCUT2D eigenvalue weighted by molar-refractivity contribution is 5.95. The van der Waals surface area contributed by atoms with E-state index in [0.29, 0.717) is 11.1 Å². The van der Waals surface area contributed by atoms with Crippen LogP contribution in [-0.2, 0) is 0 Å². The van der Waals surface area contributed by atoms with Crippen LogP contribution in [0.3, 0.4) is 0 Å². The molecule has 0 unspecified atom stereocenters. The van der Waals surface area contributed by atoms with Crippen LogP contribution in [0.5, 0.6) is 0 Å². The normalized spacial score (nSPS) is 10.2. The first-order valence-electron chi connectivity index (χ1n) is 5.27. The van der Waals surface area contributed by atoms with Gasteiger partial charge in [-0.3, -0.25) is 0 Å². The van der Waals surface area contributed by atoms with Crippen LogP contribution in [0, 0.1) is 0 Å². The zero-order chi connectivity index (χ0) is 12.4. The van der Waals surface area contributed by atoms with Gasteiger partial charge in [0.05, 0.1) is 5.56 Å². The molecule has 2 aromatic rings. The fraction of sp³-hybridized carbons (Fsp3) is 0.154. The highest BCUT2D eigenvalue weighted by Crippen LogP contribution is 2.25. The van der Waals surface area contributed by atoms with Crippen LogP contribution in [0.4, 0.5) is 5.69 Å². The molecule has 0 spiro atoms. The van der Waals surface area contributed by atoms with Crippen LogP contribution in [0.25, 0.3) is 11.1 Å². The van der Waals surface area contributed by atoms with E-state index in [1.165, 1.54) is 6.20 Å². The SMILES string of the molecule is CN(C)c1ccc(-c2c[nH]cc2C(=O)O)cc1. The van der Waals surface area contributed by atoms with Gasteiger partial charge in [-0.05, 0) is 17.7 Å². The second-order valence-electron chi connectivity index (χ2n) is 4.03. The molecule has 0 amide bonds. The summed E-state index contributed by atoms with van der Waals surface area (Å²) in [5.41, 5.74) is 2.99. The number of hydrogen-bond donors (Lipinski definition) is 2. The van der Waals surface area contributed by atoms with Crippen molar-refractivity contribution >= 4 is 11.7 Å². The van der Waals surface area contributed by atoms with Gasteiger partial charge in [0, 0.05) is 37.7 Å². The third kappa shape index (κ3) is 2.15. The number of carboxylic acids is 1. The summed E-state index contributed by atoms with van der Waals surface area (Å²) in [6, 6.07) is 7.78. The lowest BCUT2D eigenvalue weighted by Gasteiger charge is -2.12. The third-order valence-electron chi connectivity index (χ3n) is 2.67. The van der Waals surface area contributed by atoms with Crippen molar-refractivity contribution in [1.82, 2.24) is 4.98 Å². The molecule has 0 aliphatic carbocycles. The third-order valence-corrected chi connectivity index (χ3v) is 2.67. The molecule has 1 aromatic heterocycles. The minimum Gasteiger partial charge on any atom is -0.478 e. The summed E-state index contributed by atoms with van der Waals surface area (Å²) in [6.07, 6.45) is 3.20. The standard InChI is InChI=1S/C13H14N2O2/c1-15(2)10-5-3-9(4-6-10)11-7-14-8-12(11)13(16)17/h3-8,14H,1-2H3,(H,16,17). The van der Waals surface area contributed by atoms with Crippen molar-refractivity contribution in [3.63, 3.8) is 0 Å². The van der Waals surface area contributed by atoms with Gasteiger partial charge in [0.15, 0.2) is 0 Å². The van der Waals surface area contributed by atoms with Gasteiger partial charge in [-0.25, -0.2) is 4.79 Å². The molecule has 0 aliphatic heterocycles. The Hall–Kier alpha value is -2.23. The molecular formula is C13H14N2O2. The minimum absolute atomic E-state index is 0.294. The van der Waals surface area contributed by atoms with E-state index in [-0.39, 0.29) is 0 Å². The fourth-order valence-electron chi connectivity index (χ4n) is 1.72. The number of nitrogens with one attached hydrogen (secondary N) is 1. The zero-order valence-electron chi connectivity index (χ0n) is 9.77. The molecule has 4 heteroatoms. The molecule has 0 bridgehead atoms. The Bertz CT molecular complexity index is 527. The average Bonchev–Trinajstić information content (AvgIpc) is 2.78. The predicted octanol–water partition coefficient (Wildman–Crippen LogP) is 2.45. The molecular weight excluding hydrogens is 216 g/mol. The van der Waals surface area contributed by atoms with Crippen LogP contribution < -0.4 is 4.90 Å². The molecule has 2 N–H and O–H groups in total. The van der Waals surface area contributed by atoms with E-state index < -0.39 is 5.97 Å². The van der Waals surface area contributed by atoms with Crippen LogP contribution >= 0.6 is 0 Å². The van der Waals surface area contributed by atoms with E-state index in [4.69, 9.17) is 5.11 Å². The number of benzene rings is 1. The van der Waals surface area contributed by atoms with Crippen LogP contribution in [0.15, 0.2) is 36.7 Å². The number of rotatable bonds is 3. The van der Waals surface area contributed by atoms with Gasteiger partial charge >= 0.3 is 5.97 Å². The Kier molecular flexibility index (Phi) is 2.87. The first-order valence-corrected chi connectivity index (χ1v) is 5.27. The van der Waals surface area contributed by atoms with E-state index in [1.807, 2.05) is 43.3 Å². The maximum atomic E-state index is 11.0. The van der Waals surface area contributed by atoms with Crippen molar-refractivity contribution < 1.29 is 9.90 Å². The number of aromatic nitrogens is 1. The average molecular weight is 230 g/mol. The van der Waals surface area contributed by atoms with Gasteiger partial charge in [-0.15, -0.1) is 0 Å². The Labute approximate surface area is 99.5 Å². The number of carboxylic acid groups (broad SMARTS) is 1. The van der Waals surface area contributed by atoms with Crippen molar-refractivity contribution in [3.05, 3.63) is 42.2 Å². The van der Waals surface area contributed by atoms with Crippen LogP contribution in [-0.4, -0.2) is 30.2 Å². The number of aromatic amines is 1. The van der Waals surface area contributed by atoms with Crippen LogP contribution in [0.2, 0.25) is 0 Å². The number of carbonyl (C=O) groups is 1. The summed E-state index contributed by atoms with van der Waals surface area (Å²) < 4.78 is 0. The fourth-order valence-corrected chi connectivity index (χ4v) is 1.72.